The predicted octanol–water partition coefficient (Wildman–Crippen LogP) is 5.55. The Bertz CT molecular complexity index is 1410. The number of amides is 2. The highest BCUT2D eigenvalue weighted by Crippen LogP contribution is 2.32. The fraction of sp³-hybridized carbons (Fsp3) is 0.214. The van der Waals surface area contributed by atoms with Gasteiger partial charge in [-0.15, -0.1) is 0 Å². The number of fused-ring (bicyclic) bond motifs is 4. The minimum absolute atomic E-state index is 0.208. The molecule has 1 unspecified atom stereocenters. The molecule has 6 heteroatoms. The van der Waals surface area contributed by atoms with Crippen molar-refractivity contribution in [1.82, 2.24) is 15.2 Å². The summed E-state index contributed by atoms with van der Waals surface area (Å²) in [5.74, 6) is -0.447. The van der Waals surface area contributed by atoms with Crippen molar-refractivity contribution in [3.8, 4) is 0 Å². The van der Waals surface area contributed by atoms with Gasteiger partial charge in [0.25, 0.3) is 0 Å². The Morgan fingerprint density at radius 3 is 2.59 bits per heavy atom. The molecule has 1 aliphatic heterocycles. The van der Waals surface area contributed by atoms with E-state index >= 15 is 0 Å². The van der Waals surface area contributed by atoms with Gasteiger partial charge in [0.2, 0.25) is 0 Å². The molecular weight excluding hydrogens is 426 g/mol. The third kappa shape index (κ3) is 3.92. The van der Waals surface area contributed by atoms with Crippen LogP contribution in [0.2, 0.25) is 0 Å². The number of hydrogen-bond acceptors (Lipinski definition) is 3. The number of benzene rings is 3. The molecule has 0 aliphatic carbocycles. The number of aromatic nitrogens is 1. The molecule has 1 aromatic heterocycles. The molecule has 0 radical (unpaired) electrons. The molecule has 3 aromatic carbocycles. The third-order valence-electron chi connectivity index (χ3n) is 6.36. The second-order valence-corrected chi connectivity index (χ2v) is 8.47. The molecule has 2 amide bonds. The Morgan fingerprint density at radius 2 is 1.76 bits per heavy atom. The van der Waals surface area contributed by atoms with Gasteiger partial charge in [-0.25, -0.2) is 9.59 Å². The van der Waals surface area contributed by atoms with Gasteiger partial charge < -0.3 is 15.0 Å². The molecular formula is C28H27N3O3. The zero-order valence-corrected chi connectivity index (χ0v) is 19.3. The van der Waals surface area contributed by atoms with Crippen molar-refractivity contribution >= 4 is 39.2 Å². The molecule has 0 fully saturated rings. The molecule has 1 atom stereocenters. The smallest absolute Gasteiger partial charge is 0.341 e. The summed E-state index contributed by atoms with van der Waals surface area (Å²) in [6.45, 7) is 4.46. The molecule has 0 spiro atoms. The SMILES string of the molecule is CCOC(=O)C1=CN(C(=O)NC(C)c2cccc3ccccc23)CCc2c1[nH]c1ccccc21. The quantitative estimate of drug-likeness (QED) is 0.398. The van der Waals surface area contributed by atoms with Crippen LogP contribution < -0.4 is 5.32 Å². The van der Waals surface area contributed by atoms with Crippen LogP contribution in [0.1, 0.15) is 36.7 Å². The summed E-state index contributed by atoms with van der Waals surface area (Å²) < 4.78 is 5.33. The molecule has 0 saturated carbocycles. The number of hydrogen-bond donors (Lipinski definition) is 2. The molecule has 0 bridgehead atoms. The maximum Gasteiger partial charge on any atom is 0.341 e. The monoisotopic (exact) mass is 453 g/mol. The van der Waals surface area contributed by atoms with Gasteiger partial charge >= 0.3 is 12.0 Å². The number of nitrogens with one attached hydrogen (secondary N) is 2. The lowest BCUT2D eigenvalue weighted by molar-refractivity contribution is -0.136. The molecule has 6 nitrogen and oxygen atoms in total. The average molecular weight is 454 g/mol. The number of H-pyrrole nitrogens is 1. The van der Waals surface area contributed by atoms with Gasteiger partial charge in [0.1, 0.15) is 0 Å². The van der Waals surface area contributed by atoms with Gasteiger partial charge in [-0.05, 0) is 48.2 Å². The highest BCUT2D eigenvalue weighted by Gasteiger charge is 2.27. The first kappa shape index (κ1) is 21.8. The van der Waals surface area contributed by atoms with E-state index in [1.165, 1.54) is 0 Å². The van der Waals surface area contributed by atoms with E-state index in [0.717, 1.165) is 38.5 Å². The molecule has 2 heterocycles. The van der Waals surface area contributed by atoms with Crippen molar-refractivity contribution in [1.29, 1.82) is 0 Å². The minimum Gasteiger partial charge on any atom is -0.462 e. The second-order valence-electron chi connectivity index (χ2n) is 8.47. The lowest BCUT2D eigenvalue weighted by Crippen LogP contribution is -2.39. The highest BCUT2D eigenvalue weighted by molar-refractivity contribution is 6.18. The van der Waals surface area contributed by atoms with Gasteiger partial charge in [0, 0.05) is 23.6 Å². The number of esters is 1. The number of ether oxygens (including phenoxy) is 1. The Balaban J connectivity index is 1.46. The first-order valence-corrected chi connectivity index (χ1v) is 11.6. The van der Waals surface area contributed by atoms with Crippen LogP contribution in [-0.4, -0.2) is 35.0 Å². The van der Waals surface area contributed by atoms with Gasteiger partial charge in [-0.2, -0.15) is 0 Å². The minimum atomic E-state index is -0.447. The fourth-order valence-corrected chi connectivity index (χ4v) is 4.70. The van der Waals surface area contributed by atoms with E-state index in [4.69, 9.17) is 4.74 Å². The summed E-state index contributed by atoms with van der Waals surface area (Å²) in [6.07, 6.45) is 2.24. The van der Waals surface area contributed by atoms with Crippen molar-refractivity contribution in [2.24, 2.45) is 0 Å². The summed E-state index contributed by atoms with van der Waals surface area (Å²) in [7, 11) is 0. The van der Waals surface area contributed by atoms with Crippen molar-refractivity contribution in [3.63, 3.8) is 0 Å². The fourth-order valence-electron chi connectivity index (χ4n) is 4.70. The van der Waals surface area contributed by atoms with E-state index in [2.05, 4.69) is 28.5 Å². The largest absolute Gasteiger partial charge is 0.462 e. The maximum absolute atomic E-state index is 13.3. The summed E-state index contributed by atoms with van der Waals surface area (Å²) in [5, 5.41) is 6.41. The lowest BCUT2D eigenvalue weighted by atomic mass is 10.00. The lowest BCUT2D eigenvalue weighted by Gasteiger charge is -2.23. The van der Waals surface area contributed by atoms with Crippen LogP contribution in [0.3, 0.4) is 0 Å². The standard InChI is InChI=1S/C28H27N3O3/c1-3-34-27(32)24-17-31(16-15-23-22-12-6-7-14-25(22)30-26(23)24)28(33)29-18(2)20-13-8-10-19-9-4-5-11-21(19)20/h4-14,17-18,30H,3,15-16H2,1-2H3,(H,29,33). The Hall–Kier alpha value is -4.06. The summed E-state index contributed by atoms with van der Waals surface area (Å²) in [6, 6.07) is 21.7. The highest BCUT2D eigenvalue weighted by atomic mass is 16.5. The molecule has 2 N–H and O–H groups in total. The van der Waals surface area contributed by atoms with E-state index in [1.54, 1.807) is 18.0 Å². The Labute approximate surface area is 198 Å². The van der Waals surface area contributed by atoms with Crippen molar-refractivity contribution in [2.45, 2.75) is 26.3 Å². The van der Waals surface area contributed by atoms with Crippen molar-refractivity contribution < 1.29 is 14.3 Å². The van der Waals surface area contributed by atoms with Crippen molar-refractivity contribution in [3.05, 3.63) is 89.8 Å². The van der Waals surface area contributed by atoms with E-state index < -0.39 is 5.97 Å². The summed E-state index contributed by atoms with van der Waals surface area (Å²) in [4.78, 5) is 31.2. The Morgan fingerprint density at radius 1 is 1.03 bits per heavy atom. The van der Waals surface area contributed by atoms with Crippen LogP contribution in [0.5, 0.6) is 0 Å². The number of carbonyl (C=O) groups excluding carboxylic acids is 2. The molecule has 1 aliphatic rings. The van der Waals surface area contributed by atoms with Gasteiger partial charge in [0.05, 0.1) is 23.9 Å². The second kappa shape index (κ2) is 9.06. The summed E-state index contributed by atoms with van der Waals surface area (Å²) >= 11 is 0. The first-order valence-electron chi connectivity index (χ1n) is 11.6. The summed E-state index contributed by atoms with van der Waals surface area (Å²) in [5.41, 5.74) is 4.11. The first-order chi connectivity index (χ1) is 16.6. The molecule has 5 rings (SSSR count). The van der Waals surface area contributed by atoms with E-state index in [1.807, 2.05) is 55.5 Å². The van der Waals surface area contributed by atoms with Crippen LogP contribution in [-0.2, 0) is 16.0 Å². The number of aromatic amines is 1. The number of para-hydroxylation sites is 1. The maximum atomic E-state index is 13.3. The van der Waals surface area contributed by atoms with Crippen LogP contribution in [0.25, 0.3) is 27.2 Å². The van der Waals surface area contributed by atoms with E-state index in [-0.39, 0.29) is 18.7 Å². The average Bonchev–Trinajstić information content (AvgIpc) is 3.10. The van der Waals surface area contributed by atoms with Crippen LogP contribution in [0.15, 0.2) is 72.9 Å². The normalized spacial score (nSPS) is 14.3. The molecule has 172 valence electrons. The van der Waals surface area contributed by atoms with Gasteiger partial charge in [-0.3, -0.25) is 4.90 Å². The van der Waals surface area contributed by atoms with Gasteiger partial charge in [0.15, 0.2) is 0 Å². The molecule has 34 heavy (non-hydrogen) atoms. The molecule has 4 aromatic rings. The van der Waals surface area contributed by atoms with Crippen molar-refractivity contribution in [2.75, 3.05) is 13.2 Å². The van der Waals surface area contributed by atoms with Crippen LogP contribution in [0.4, 0.5) is 4.79 Å². The van der Waals surface area contributed by atoms with E-state index in [9.17, 15) is 9.59 Å². The third-order valence-corrected chi connectivity index (χ3v) is 6.36. The number of nitrogens with zero attached hydrogens (tertiary/aromatic N) is 1. The zero-order chi connectivity index (χ0) is 23.7. The zero-order valence-electron chi connectivity index (χ0n) is 19.3. The number of urea groups is 1. The number of carbonyl (C=O) groups is 2. The molecule has 0 saturated heterocycles. The predicted molar refractivity (Wildman–Crippen MR) is 134 cm³/mol. The number of rotatable bonds is 4. The van der Waals surface area contributed by atoms with E-state index in [0.29, 0.717) is 18.5 Å². The van der Waals surface area contributed by atoms with Crippen LogP contribution in [0, 0.1) is 0 Å². The van der Waals surface area contributed by atoms with Crippen LogP contribution >= 0.6 is 0 Å². The Kier molecular flexibility index (Phi) is 5.80. The van der Waals surface area contributed by atoms with Gasteiger partial charge in [-0.1, -0.05) is 60.7 Å². The topological polar surface area (TPSA) is 74.4 Å².